The van der Waals surface area contributed by atoms with Gasteiger partial charge in [0.25, 0.3) is 0 Å². The molecule has 3 rings (SSSR count). The molecule has 2 aromatic carbocycles. The number of halogens is 1. The second kappa shape index (κ2) is 4.59. The van der Waals surface area contributed by atoms with Gasteiger partial charge in [-0.05, 0) is 29.3 Å². The summed E-state index contributed by atoms with van der Waals surface area (Å²) in [6.45, 7) is 1.47. The van der Waals surface area contributed by atoms with Crippen LogP contribution in [0.5, 0.6) is 0 Å². The standard InChI is InChI=1S/C15H12ClNO2/c16-12-5-6-14(13(7-12)15(18)19)17-8-10-3-1-2-4-11(10)9-17/h1-7H,8-9H2,(H,18,19). The Morgan fingerprint density at radius 3 is 2.32 bits per heavy atom. The van der Waals surface area contributed by atoms with Crippen LogP contribution in [0.2, 0.25) is 5.02 Å². The smallest absolute Gasteiger partial charge is 0.337 e. The Labute approximate surface area is 116 Å². The molecule has 0 radical (unpaired) electrons. The van der Waals surface area contributed by atoms with Crippen molar-refractivity contribution in [3.63, 3.8) is 0 Å². The van der Waals surface area contributed by atoms with Crippen LogP contribution in [0.1, 0.15) is 21.5 Å². The van der Waals surface area contributed by atoms with Crippen LogP contribution in [0.15, 0.2) is 42.5 Å². The number of carboxylic acids is 1. The Hall–Kier alpha value is -2.00. The largest absolute Gasteiger partial charge is 0.478 e. The maximum Gasteiger partial charge on any atom is 0.337 e. The summed E-state index contributed by atoms with van der Waals surface area (Å²) < 4.78 is 0. The number of carboxylic acid groups (broad SMARTS) is 1. The van der Waals surface area contributed by atoms with Crippen molar-refractivity contribution in [3.8, 4) is 0 Å². The number of carbonyl (C=O) groups is 1. The summed E-state index contributed by atoms with van der Waals surface area (Å²) in [4.78, 5) is 13.4. The quantitative estimate of drug-likeness (QED) is 0.909. The van der Waals surface area contributed by atoms with E-state index in [0.717, 1.165) is 13.1 Å². The highest BCUT2D eigenvalue weighted by Gasteiger charge is 2.22. The van der Waals surface area contributed by atoms with Gasteiger partial charge in [0.05, 0.1) is 11.3 Å². The van der Waals surface area contributed by atoms with E-state index in [9.17, 15) is 9.90 Å². The average Bonchev–Trinajstić information content (AvgIpc) is 2.82. The molecule has 0 bridgehead atoms. The van der Waals surface area contributed by atoms with Crippen LogP contribution in [-0.4, -0.2) is 11.1 Å². The van der Waals surface area contributed by atoms with Crippen LogP contribution in [0.25, 0.3) is 0 Å². The summed E-state index contributed by atoms with van der Waals surface area (Å²) in [5.41, 5.74) is 3.45. The number of anilines is 1. The maximum absolute atomic E-state index is 11.3. The molecular formula is C15H12ClNO2. The predicted molar refractivity (Wildman–Crippen MR) is 74.7 cm³/mol. The van der Waals surface area contributed by atoms with Crippen LogP contribution in [-0.2, 0) is 13.1 Å². The van der Waals surface area contributed by atoms with E-state index < -0.39 is 5.97 Å². The molecule has 3 nitrogen and oxygen atoms in total. The summed E-state index contributed by atoms with van der Waals surface area (Å²) >= 11 is 5.87. The molecule has 0 saturated heterocycles. The molecule has 96 valence electrons. The van der Waals surface area contributed by atoms with Crippen LogP contribution in [0.3, 0.4) is 0 Å². The molecule has 1 heterocycles. The van der Waals surface area contributed by atoms with Gasteiger partial charge in [0.15, 0.2) is 0 Å². The summed E-state index contributed by atoms with van der Waals surface area (Å²) in [6.07, 6.45) is 0. The number of hydrogen-bond donors (Lipinski definition) is 1. The first kappa shape index (κ1) is 12.1. The van der Waals surface area contributed by atoms with Gasteiger partial charge in [-0.1, -0.05) is 35.9 Å². The molecule has 1 N–H and O–H groups in total. The molecule has 0 fully saturated rings. The van der Waals surface area contributed by atoms with E-state index in [1.54, 1.807) is 12.1 Å². The summed E-state index contributed by atoms with van der Waals surface area (Å²) in [5, 5.41) is 9.72. The van der Waals surface area contributed by atoms with Gasteiger partial charge in [-0.3, -0.25) is 0 Å². The van der Waals surface area contributed by atoms with Crippen LogP contribution < -0.4 is 4.90 Å². The monoisotopic (exact) mass is 273 g/mol. The first-order valence-electron chi connectivity index (χ1n) is 6.00. The van der Waals surface area contributed by atoms with Gasteiger partial charge in [-0.2, -0.15) is 0 Å². The number of fused-ring (bicyclic) bond motifs is 1. The highest BCUT2D eigenvalue weighted by atomic mass is 35.5. The Bertz CT molecular complexity index is 629. The lowest BCUT2D eigenvalue weighted by atomic mass is 10.1. The first-order chi connectivity index (χ1) is 9.15. The number of aromatic carboxylic acids is 1. The molecule has 19 heavy (non-hydrogen) atoms. The van der Waals surface area contributed by atoms with E-state index in [1.165, 1.54) is 17.2 Å². The van der Waals surface area contributed by atoms with E-state index >= 15 is 0 Å². The van der Waals surface area contributed by atoms with Crippen molar-refractivity contribution in [3.05, 3.63) is 64.2 Å². The highest BCUT2D eigenvalue weighted by Crippen LogP contribution is 2.31. The van der Waals surface area contributed by atoms with Gasteiger partial charge in [-0.25, -0.2) is 4.79 Å². The van der Waals surface area contributed by atoms with Crippen molar-refractivity contribution >= 4 is 23.3 Å². The van der Waals surface area contributed by atoms with Gasteiger partial charge in [0.2, 0.25) is 0 Å². The third-order valence-electron chi connectivity index (χ3n) is 3.37. The van der Waals surface area contributed by atoms with Gasteiger partial charge in [-0.15, -0.1) is 0 Å². The minimum absolute atomic E-state index is 0.250. The normalized spacial score (nSPS) is 13.4. The second-order valence-corrected chi connectivity index (χ2v) is 5.03. The molecule has 0 amide bonds. The minimum Gasteiger partial charge on any atom is -0.478 e. The number of rotatable bonds is 2. The molecule has 0 aliphatic carbocycles. The van der Waals surface area contributed by atoms with Gasteiger partial charge < -0.3 is 10.0 Å². The number of benzene rings is 2. The first-order valence-corrected chi connectivity index (χ1v) is 6.37. The molecule has 0 unspecified atom stereocenters. The lowest BCUT2D eigenvalue weighted by molar-refractivity contribution is 0.0697. The molecule has 1 aliphatic rings. The van der Waals surface area contributed by atoms with Crippen molar-refractivity contribution in [1.82, 2.24) is 0 Å². The molecule has 0 atom stereocenters. The van der Waals surface area contributed by atoms with Crippen LogP contribution in [0.4, 0.5) is 5.69 Å². The fourth-order valence-electron chi connectivity index (χ4n) is 2.46. The third-order valence-corrected chi connectivity index (χ3v) is 3.61. The molecular weight excluding hydrogens is 262 g/mol. The minimum atomic E-state index is -0.951. The summed E-state index contributed by atoms with van der Waals surface area (Å²) in [5.74, 6) is -0.951. The lowest BCUT2D eigenvalue weighted by Crippen LogP contribution is -2.18. The fraction of sp³-hybridized carbons (Fsp3) is 0.133. The maximum atomic E-state index is 11.3. The Morgan fingerprint density at radius 1 is 1.11 bits per heavy atom. The molecule has 0 aromatic heterocycles. The van der Waals surface area contributed by atoms with Crippen molar-refractivity contribution < 1.29 is 9.90 Å². The van der Waals surface area contributed by atoms with Crippen LogP contribution >= 0.6 is 11.6 Å². The van der Waals surface area contributed by atoms with E-state index in [-0.39, 0.29) is 5.56 Å². The van der Waals surface area contributed by atoms with Crippen molar-refractivity contribution in [2.45, 2.75) is 13.1 Å². The zero-order valence-electron chi connectivity index (χ0n) is 10.1. The van der Waals surface area contributed by atoms with Gasteiger partial charge in [0.1, 0.15) is 0 Å². The van der Waals surface area contributed by atoms with Crippen LogP contribution in [0, 0.1) is 0 Å². The SMILES string of the molecule is O=C(O)c1cc(Cl)ccc1N1Cc2ccccc2C1. The second-order valence-electron chi connectivity index (χ2n) is 4.59. The Kier molecular flexibility index (Phi) is 2.91. The number of hydrogen-bond acceptors (Lipinski definition) is 2. The zero-order chi connectivity index (χ0) is 13.4. The number of nitrogens with zero attached hydrogens (tertiary/aromatic N) is 1. The van der Waals surface area contributed by atoms with E-state index in [4.69, 9.17) is 11.6 Å². The average molecular weight is 274 g/mol. The Morgan fingerprint density at radius 2 is 1.74 bits per heavy atom. The summed E-state index contributed by atoms with van der Waals surface area (Å²) in [6, 6.07) is 13.2. The Balaban J connectivity index is 1.99. The van der Waals surface area contributed by atoms with E-state index in [0.29, 0.717) is 10.7 Å². The molecule has 2 aromatic rings. The van der Waals surface area contributed by atoms with Crippen molar-refractivity contribution in [1.29, 1.82) is 0 Å². The fourth-order valence-corrected chi connectivity index (χ4v) is 2.63. The zero-order valence-corrected chi connectivity index (χ0v) is 10.9. The predicted octanol–water partition coefficient (Wildman–Crippen LogP) is 3.56. The lowest BCUT2D eigenvalue weighted by Gasteiger charge is -2.20. The van der Waals surface area contributed by atoms with E-state index in [1.807, 2.05) is 12.1 Å². The molecule has 0 saturated carbocycles. The summed E-state index contributed by atoms with van der Waals surface area (Å²) in [7, 11) is 0. The molecule has 1 aliphatic heterocycles. The molecule has 4 heteroatoms. The van der Waals surface area contributed by atoms with Gasteiger partial charge >= 0.3 is 5.97 Å². The van der Waals surface area contributed by atoms with Crippen molar-refractivity contribution in [2.75, 3.05) is 4.90 Å². The molecule has 0 spiro atoms. The topological polar surface area (TPSA) is 40.5 Å². The third kappa shape index (κ3) is 2.17. The van der Waals surface area contributed by atoms with Gasteiger partial charge in [0, 0.05) is 18.1 Å². The van der Waals surface area contributed by atoms with Crippen molar-refractivity contribution in [2.24, 2.45) is 0 Å². The highest BCUT2D eigenvalue weighted by molar-refractivity contribution is 6.31. The van der Waals surface area contributed by atoms with E-state index in [2.05, 4.69) is 17.0 Å².